The summed E-state index contributed by atoms with van der Waals surface area (Å²) in [6.07, 6.45) is 5.80. The van der Waals surface area contributed by atoms with E-state index in [9.17, 15) is 0 Å². The van der Waals surface area contributed by atoms with Crippen LogP contribution in [-0.4, -0.2) is 23.3 Å². The van der Waals surface area contributed by atoms with E-state index in [-0.39, 0.29) is 5.72 Å². The van der Waals surface area contributed by atoms with Crippen LogP contribution in [0.2, 0.25) is 19.6 Å². The van der Waals surface area contributed by atoms with Gasteiger partial charge in [0.05, 0.1) is 5.52 Å². The van der Waals surface area contributed by atoms with E-state index in [1.165, 1.54) is 19.3 Å². The van der Waals surface area contributed by atoms with E-state index >= 15 is 0 Å². The molecule has 1 saturated carbocycles. The smallest absolute Gasteiger partial charge is 0.186 e. The summed E-state index contributed by atoms with van der Waals surface area (Å²) in [6, 6.07) is 8.17. The van der Waals surface area contributed by atoms with Crippen molar-refractivity contribution in [1.82, 2.24) is 15.0 Å². The van der Waals surface area contributed by atoms with Crippen molar-refractivity contribution in [3.05, 3.63) is 24.3 Å². The molecule has 0 saturated heterocycles. The Morgan fingerprint density at radius 2 is 1.80 bits per heavy atom. The Balaban J connectivity index is 2.09. The van der Waals surface area contributed by atoms with Crippen LogP contribution in [0.1, 0.15) is 32.1 Å². The summed E-state index contributed by atoms with van der Waals surface area (Å²) in [4.78, 5) is 0. The molecule has 0 atom stereocenters. The molecular formula is C15H23N3OSi. The number of rotatable bonds is 3. The van der Waals surface area contributed by atoms with Crippen molar-refractivity contribution in [3.8, 4) is 0 Å². The van der Waals surface area contributed by atoms with E-state index in [0.29, 0.717) is 0 Å². The highest BCUT2D eigenvalue weighted by molar-refractivity contribution is 6.69. The van der Waals surface area contributed by atoms with Crippen molar-refractivity contribution >= 4 is 19.4 Å². The summed E-state index contributed by atoms with van der Waals surface area (Å²) < 4.78 is 8.67. The fourth-order valence-electron chi connectivity index (χ4n) is 3.20. The van der Waals surface area contributed by atoms with Gasteiger partial charge in [0, 0.05) is 0 Å². The number of para-hydroxylation sites is 1. The van der Waals surface area contributed by atoms with E-state index in [2.05, 4.69) is 40.7 Å². The highest BCUT2D eigenvalue weighted by atomic mass is 28.4. The van der Waals surface area contributed by atoms with Gasteiger partial charge in [-0.05, 0) is 57.5 Å². The predicted molar refractivity (Wildman–Crippen MR) is 83.0 cm³/mol. The monoisotopic (exact) mass is 289 g/mol. The quantitative estimate of drug-likeness (QED) is 0.805. The van der Waals surface area contributed by atoms with Crippen molar-refractivity contribution in [2.24, 2.45) is 0 Å². The molecule has 0 unspecified atom stereocenters. The number of benzene rings is 1. The molecule has 0 spiro atoms. The maximum absolute atomic E-state index is 6.62. The maximum atomic E-state index is 6.62. The van der Waals surface area contributed by atoms with Gasteiger partial charge in [-0.25, -0.2) is 4.68 Å². The van der Waals surface area contributed by atoms with Crippen LogP contribution in [0.4, 0.5) is 0 Å². The second-order valence-electron chi connectivity index (χ2n) is 6.71. The molecule has 0 radical (unpaired) electrons. The molecule has 0 N–H and O–H groups in total. The first-order valence-corrected chi connectivity index (χ1v) is 10.9. The van der Waals surface area contributed by atoms with E-state index in [1.807, 2.05) is 18.2 Å². The Hall–Kier alpha value is -1.20. The van der Waals surface area contributed by atoms with Gasteiger partial charge in [-0.1, -0.05) is 23.8 Å². The molecule has 1 aromatic heterocycles. The van der Waals surface area contributed by atoms with Crippen LogP contribution in [0.5, 0.6) is 0 Å². The number of hydrogen-bond donors (Lipinski definition) is 0. The zero-order chi connectivity index (χ0) is 14.2. The van der Waals surface area contributed by atoms with Crippen LogP contribution in [0, 0.1) is 0 Å². The van der Waals surface area contributed by atoms with Crippen molar-refractivity contribution in [3.63, 3.8) is 0 Å². The molecule has 1 aliphatic carbocycles. The molecule has 3 rings (SSSR count). The first kappa shape index (κ1) is 13.8. The van der Waals surface area contributed by atoms with Gasteiger partial charge in [0.1, 0.15) is 5.52 Å². The molecule has 1 aliphatic rings. The topological polar surface area (TPSA) is 39.9 Å². The molecule has 20 heavy (non-hydrogen) atoms. The van der Waals surface area contributed by atoms with Crippen molar-refractivity contribution < 1.29 is 4.43 Å². The standard InChI is InChI=1S/C15H23N3OSi/c1-20(2,3)19-15(11-7-4-8-12-15)18-14-10-6-5-9-13(14)16-17-18/h5-6,9-10H,4,7-8,11-12H2,1-3H3. The summed E-state index contributed by atoms with van der Waals surface area (Å²) in [6.45, 7) is 6.76. The van der Waals surface area contributed by atoms with Gasteiger partial charge in [-0.15, -0.1) is 5.10 Å². The van der Waals surface area contributed by atoms with Gasteiger partial charge in [-0.3, -0.25) is 0 Å². The minimum absolute atomic E-state index is 0.279. The number of hydrogen-bond acceptors (Lipinski definition) is 3. The Labute approximate surface area is 121 Å². The summed E-state index contributed by atoms with van der Waals surface area (Å²) in [7, 11) is -1.65. The van der Waals surface area contributed by atoms with Crippen LogP contribution < -0.4 is 0 Å². The lowest BCUT2D eigenvalue weighted by Crippen LogP contribution is -2.46. The van der Waals surface area contributed by atoms with E-state index in [1.54, 1.807) is 0 Å². The summed E-state index contributed by atoms with van der Waals surface area (Å²) in [5.41, 5.74) is 1.77. The molecule has 0 bridgehead atoms. The first-order chi connectivity index (χ1) is 9.50. The lowest BCUT2D eigenvalue weighted by Gasteiger charge is -2.41. The van der Waals surface area contributed by atoms with E-state index in [0.717, 1.165) is 23.9 Å². The normalized spacial score (nSPS) is 19.4. The lowest BCUT2D eigenvalue weighted by molar-refractivity contribution is -0.0589. The fraction of sp³-hybridized carbons (Fsp3) is 0.600. The number of nitrogens with zero attached hydrogens (tertiary/aromatic N) is 3. The van der Waals surface area contributed by atoms with Gasteiger partial charge in [0.2, 0.25) is 0 Å². The molecule has 5 heteroatoms. The zero-order valence-corrected chi connectivity index (χ0v) is 13.6. The third-order valence-electron chi connectivity index (χ3n) is 3.87. The van der Waals surface area contributed by atoms with Crippen LogP contribution >= 0.6 is 0 Å². The molecular weight excluding hydrogens is 266 g/mol. The SMILES string of the molecule is C[Si](C)(C)OC1(n2nnc3ccccc32)CCCCC1. The average molecular weight is 289 g/mol. The molecule has 0 amide bonds. The minimum atomic E-state index is -1.65. The Bertz CT molecular complexity index is 596. The van der Waals surface area contributed by atoms with Gasteiger partial charge in [-0.2, -0.15) is 0 Å². The zero-order valence-electron chi connectivity index (χ0n) is 12.6. The molecule has 4 nitrogen and oxygen atoms in total. The molecule has 0 aliphatic heterocycles. The van der Waals surface area contributed by atoms with Gasteiger partial charge in [0.25, 0.3) is 0 Å². The van der Waals surface area contributed by atoms with Crippen molar-refractivity contribution in [1.29, 1.82) is 0 Å². The van der Waals surface area contributed by atoms with E-state index < -0.39 is 8.32 Å². The van der Waals surface area contributed by atoms with Crippen LogP contribution in [0.15, 0.2) is 24.3 Å². The second kappa shape index (κ2) is 4.97. The molecule has 1 aromatic carbocycles. The third kappa shape index (κ3) is 2.52. The summed E-state index contributed by atoms with van der Waals surface area (Å²) in [5.74, 6) is 0. The maximum Gasteiger partial charge on any atom is 0.186 e. The predicted octanol–water partition coefficient (Wildman–Crippen LogP) is 3.90. The van der Waals surface area contributed by atoms with Crippen molar-refractivity contribution in [2.45, 2.75) is 57.5 Å². The Morgan fingerprint density at radius 1 is 1.10 bits per heavy atom. The minimum Gasteiger partial charge on any atom is -0.394 e. The molecule has 1 heterocycles. The number of aromatic nitrogens is 3. The second-order valence-corrected chi connectivity index (χ2v) is 11.1. The first-order valence-electron chi connectivity index (χ1n) is 7.51. The van der Waals surface area contributed by atoms with E-state index in [4.69, 9.17) is 4.43 Å². The number of fused-ring (bicyclic) bond motifs is 1. The Morgan fingerprint density at radius 3 is 2.50 bits per heavy atom. The van der Waals surface area contributed by atoms with Gasteiger partial charge < -0.3 is 4.43 Å². The summed E-state index contributed by atoms with van der Waals surface area (Å²) >= 11 is 0. The third-order valence-corrected chi connectivity index (χ3v) is 4.86. The molecule has 108 valence electrons. The van der Waals surface area contributed by atoms with Crippen LogP contribution in [0.25, 0.3) is 11.0 Å². The largest absolute Gasteiger partial charge is 0.394 e. The highest BCUT2D eigenvalue weighted by Gasteiger charge is 2.40. The van der Waals surface area contributed by atoms with Crippen LogP contribution in [-0.2, 0) is 10.2 Å². The Kier molecular flexibility index (Phi) is 3.42. The molecule has 1 fully saturated rings. The van der Waals surface area contributed by atoms with Gasteiger partial charge >= 0.3 is 0 Å². The average Bonchev–Trinajstić information content (AvgIpc) is 2.82. The van der Waals surface area contributed by atoms with Crippen molar-refractivity contribution in [2.75, 3.05) is 0 Å². The lowest BCUT2D eigenvalue weighted by atomic mass is 9.92. The fourth-order valence-corrected chi connectivity index (χ4v) is 4.63. The van der Waals surface area contributed by atoms with Crippen LogP contribution in [0.3, 0.4) is 0 Å². The molecule has 2 aromatic rings. The highest BCUT2D eigenvalue weighted by Crippen LogP contribution is 2.39. The van der Waals surface area contributed by atoms with Gasteiger partial charge in [0.15, 0.2) is 14.0 Å². The summed E-state index contributed by atoms with van der Waals surface area (Å²) in [5, 5.41) is 8.76.